The Morgan fingerprint density at radius 2 is 2.00 bits per heavy atom. The second-order valence-electron chi connectivity index (χ2n) is 6.96. The van der Waals surface area contributed by atoms with Crippen LogP contribution in [0.25, 0.3) is 6.08 Å². The topological polar surface area (TPSA) is 69.6 Å². The van der Waals surface area contributed by atoms with Crippen LogP contribution in [0.15, 0.2) is 46.7 Å². The molecule has 5 nitrogen and oxygen atoms in total. The van der Waals surface area contributed by atoms with Crippen molar-refractivity contribution in [2.24, 2.45) is 5.92 Å². The van der Waals surface area contributed by atoms with Gasteiger partial charge in [-0.1, -0.05) is 56.0 Å². The molecule has 0 radical (unpaired) electrons. The number of nitrogens with one attached hydrogen (secondary N) is 1. The molecule has 2 N–H and O–H groups in total. The summed E-state index contributed by atoms with van der Waals surface area (Å²) in [6, 6.07) is 10.1. The van der Waals surface area contributed by atoms with Crippen LogP contribution >= 0.6 is 35.3 Å². The zero-order valence-corrected chi connectivity index (χ0v) is 18.6. The van der Waals surface area contributed by atoms with Crippen LogP contribution in [0.5, 0.6) is 5.75 Å². The summed E-state index contributed by atoms with van der Waals surface area (Å²) in [5.41, 5.74) is 1.01. The first-order chi connectivity index (χ1) is 13.9. The van der Waals surface area contributed by atoms with Crippen molar-refractivity contribution in [3.8, 4) is 5.75 Å². The number of carbonyl (C=O) groups excluding carboxylic acids is 2. The van der Waals surface area contributed by atoms with Crippen LogP contribution in [0.3, 0.4) is 0 Å². The molecule has 1 aliphatic rings. The lowest BCUT2D eigenvalue weighted by atomic mass is 10.0. The number of phenolic OH excluding ortho intramolecular Hbond substituents is 1. The van der Waals surface area contributed by atoms with Gasteiger partial charge in [0.25, 0.3) is 5.91 Å². The van der Waals surface area contributed by atoms with Gasteiger partial charge in [0.2, 0.25) is 5.91 Å². The molecule has 2 amide bonds. The molecule has 1 aromatic carbocycles. The minimum absolute atomic E-state index is 0.0905. The SMILES string of the molecule is CC(C)C(C(=O)NCCc1ccc(O)cc1)N1C(=O)/C(=C/c2cccs2)SC1=S. The van der Waals surface area contributed by atoms with E-state index in [9.17, 15) is 14.7 Å². The van der Waals surface area contributed by atoms with Gasteiger partial charge in [-0.25, -0.2) is 0 Å². The molecule has 2 aromatic rings. The fourth-order valence-corrected chi connectivity index (χ4v) is 5.09. The number of benzene rings is 1. The Balaban J connectivity index is 1.68. The fourth-order valence-electron chi connectivity index (χ4n) is 3.04. The highest BCUT2D eigenvalue weighted by molar-refractivity contribution is 8.26. The van der Waals surface area contributed by atoms with E-state index in [-0.39, 0.29) is 23.5 Å². The van der Waals surface area contributed by atoms with Crippen molar-refractivity contribution in [2.75, 3.05) is 6.54 Å². The summed E-state index contributed by atoms with van der Waals surface area (Å²) >= 11 is 8.22. The van der Waals surface area contributed by atoms with Crippen molar-refractivity contribution in [1.82, 2.24) is 10.2 Å². The van der Waals surface area contributed by atoms with Gasteiger partial charge in [0.05, 0.1) is 4.91 Å². The minimum Gasteiger partial charge on any atom is -0.508 e. The van der Waals surface area contributed by atoms with Crippen LogP contribution in [0.4, 0.5) is 0 Å². The van der Waals surface area contributed by atoms with Gasteiger partial charge in [0.1, 0.15) is 16.1 Å². The number of carbonyl (C=O) groups is 2. The van der Waals surface area contributed by atoms with Crippen molar-refractivity contribution in [3.63, 3.8) is 0 Å². The molecule has 0 bridgehead atoms. The Morgan fingerprint density at radius 1 is 1.28 bits per heavy atom. The molecule has 1 aromatic heterocycles. The summed E-state index contributed by atoms with van der Waals surface area (Å²) in [5, 5.41) is 14.2. The molecule has 29 heavy (non-hydrogen) atoms. The Hall–Kier alpha value is -2.16. The first-order valence-corrected chi connectivity index (χ1v) is 11.3. The van der Waals surface area contributed by atoms with Crippen molar-refractivity contribution in [3.05, 3.63) is 57.1 Å². The number of thioether (sulfide) groups is 1. The maximum atomic E-state index is 13.0. The van der Waals surface area contributed by atoms with E-state index < -0.39 is 6.04 Å². The molecule has 0 saturated carbocycles. The maximum absolute atomic E-state index is 13.0. The number of aromatic hydroxyl groups is 1. The zero-order chi connectivity index (χ0) is 21.0. The average Bonchev–Trinajstić information content (AvgIpc) is 3.27. The highest BCUT2D eigenvalue weighted by atomic mass is 32.2. The molecule has 0 spiro atoms. The highest BCUT2D eigenvalue weighted by Gasteiger charge is 2.41. The maximum Gasteiger partial charge on any atom is 0.266 e. The number of hydrogen-bond acceptors (Lipinski definition) is 6. The predicted octanol–water partition coefficient (Wildman–Crippen LogP) is 4.04. The molecule has 3 rings (SSSR count). The average molecular weight is 447 g/mol. The quantitative estimate of drug-likeness (QED) is 0.496. The van der Waals surface area contributed by atoms with Gasteiger partial charge in [-0.15, -0.1) is 11.3 Å². The number of thiophene rings is 1. The summed E-state index contributed by atoms with van der Waals surface area (Å²) in [5.74, 6) is -0.317. The molecule has 1 unspecified atom stereocenters. The second-order valence-corrected chi connectivity index (χ2v) is 9.62. The van der Waals surface area contributed by atoms with E-state index in [1.807, 2.05) is 49.6 Å². The lowest BCUT2D eigenvalue weighted by molar-refractivity contribution is -0.134. The minimum atomic E-state index is -0.656. The third-order valence-corrected chi connectivity index (χ3v) is 6.62. The van der Waals surface area contributed by atoms with Crippen LogP contribution in [0.2, 0.25) is 0 Å². The first-order valence-electron chi connectivity index (χ1n) is 9.23. The molecule has 2 heterocycles. The molecule has 0 aliphatic carbocycles. The molecule has 1 saturated heterocycles. The molecular formula is C21H22N2O3S3. The van der Waals surface area contributed by atoms with E-state index in [2.05, 4.69) is 5.32 Å². The van der Waals surface area contributed by atoms with E-state index >= 15 is 0 Å². The number of thiocarbonyl (C=S) groups is 1. The zero-order valence-electron chi connectivity index (χ0n) is 16.1. The number of amides is 2. The van der Waals surface area contributed by atoms with Crippen molar-refractivity contribution in [2.45, 2.75) is 26.3 Å². The molecule has 152 valence electrons. The van der Waals surface area contributed by atoms with Crippen molar-refractivity contribution >= 4 is 57.5 Å². The normalized spacial score (nSPS) is 16.7. The first kappa shape index (κ1) is 21.5. The molecular weight excluding hydrogens is 424 g/mol. The molecule has 1 fully saturated rings. The van der Waals surface area contributed by atoms with Gasteiger partial charge in [0.15, 0.2) is 0 Å². The highest BCUT2D eigenvalue weighted by Crippen LogP contribution is 2.36. The van der Waals surface area contributed by atoms with E-state index in [1.54, 1.807) is 23.5 Å². The summed E-state index contributed by atoms with van der Waals surface area (Å²) in [6.45, 7) is 4.25. The molecule has 1 aliphatic heterocycles. The van der Waals surface area contributed by atoms with Gasteiger partial charge in [-0.2, -0.15) is 0 Å². The lowest BCUT2D eigenvalue weighted by Gasteiger charge is -2.29. The van der Waals surface area contributed by atoms with Crippen LogP contribution in [0, 0.1) is 5.92 Å². The number of rotatable bonds is 7. The largest absolute Gasteiger partial charge is 0.508 e. The number of hydrogen-bond donors (Lipinski definition) is 2. The van der Waals surface area contributed by atoms with Gasteiger partial charge < -0.3 is 10.4 Å². The molecule has 1 atom stereocenters. The van der Waals surface area contributed by atoms with Crippen molar-refractivity contribution < 1.29 is 14.7 Å². The Bertz CT molecular complexity index is 921. The Morgan fingerprint density at radius 3 is 2.62 bits per heavy atom. The summed E-state index contributed by atoms with van der Waals surface area (Å²) in [4.78, 5) is 28.8. The van der Waals surface area contributed by atoms with E-state index in [0.29, 0.717) is 22.2 Å². The predicted molar refractivity (Wildman–Crippen MR) is 123 cm³/mol. The van der Waals surface area contributed by atoms with Crippen LogP contribution < -0.4 is 5.32 Å². The smallest absolute Gasteiger partial charge is 0.266 e. The third kappa shape index (κ3) is 5.26. The summed E-state index contributed by atoms with van der Waals surface area (Å²) < 4.78 is 0.408. The van der Waals surface area contributed by atoms with Crippen molar-refractivity contribution in [1.29, 1.82) is 0 Å². The van der Waals surface area contributed by atoms with Gasteiger partial charge in [-0.3, -0.25) is 14.5 Å². The summed E-state index contributed by atoms with van der Waals surface area (Å²) in [7, 11) is 0. The third-order valence-electron chi connectivity index (χ3n) is 4.47. The fraction of sp³-hybridized carbons (Fsp3) is 0.286. The number of nitrogens with zero attached hydrogens (tertiary/aromatic N) is 1. The second kappa shape index (κ2) is 9.56. The van der Waals surface area contributed by atoms with Crippen LogP contribution in [-0.4, -0.2) is 38.7 Å². The van der Waals surface area contributed by atoms with E-state index in [0.717, 1.165) is 10.4 Å². The van der Waals surface area contributed by atoms with Gasteiger partial charge >= 0.3 is 0 Å². The van der Waals surface area contributed by atoms with Crippen LogP contribution in [0.1, 0.15) is 24.3 Å². The standard InChI is InChI=1S/C21H22N2O3S3/c1-13(2)18(19(25)22-10-9-14-5-7-15(24)8-6-14)23-20(26)17(29-21(23)27)12-16-4-3-11-28-16/h3-8,11-13,18,24H,9-10H2,1-2H3,(H,22,25)/b17-12-. The van der Waals surface area contributed by atoms with Gasteiger partial charge in [0, 0.05) is 11.4 Å². The Labute approximate surface area is 183 Å². The van der Waals surface area contributed by atoms with E-state index in [1.165, 1.54) is 16.7 Å². The van der Waals surface area contributed by atoms with E-state index in [4.69, 9.17) is 12.2 Å². The molecule has 8 heteroatoms. The summed E-state index contributed by atoms with van der Waals surface area (Å²) in [6.07, 6.45) is 2.46. The van der Waals surface area contributed by atoms with Crippen LogP contribution in [-0.2, 0) is 16.0 Å². The lowest BCUT2D eigenvalue weighted by Crippen LogP contribution is -2.51. The Kier molecular flexibility index (Phi) is 7.10. The monoisotopic (exact) mass is 446 g/mol. The van der Waals surface area contributed by atoms with Gasteiger partial charge in [-0.05, 0) is 47.6 Å². The number of phenols is 1.